The largest absolute Gasteiger partial charge is 0.306 e. The van der Waals surface area contributed by atoms with Crippen molar-refractivity contribution in [2.75, 3.05) is 0 Å². The average Bonchev–Trinajstić information content (AvgIpc) is 2.67. The Kier molecular flexibility index (Phi) is 3.81. The van der Waals surface area contributed by atoms with Crippen LogP contribution in [-0.2, 0) is 12.8 Å². The third-order valence-electron chi connectivity index (χ3n) is 3.63. The van der Waals surface area contributed by atoms with Gasteiger partial charge in [0, 0.05) is 11.1 Å². The molecule has 104 valence electrons. The summed E-state index contributed by atoms with van der Waals surface area (Å²) in [5, 5.41) is 0.953. The molecule has 3 rings (SSSR count). The van der Waals surface area contributed by atoms with E-state index in [0.717, 1.165) is 48.9 Å². The van der Waals surface area contributed by atoms with Gasteiger partial charge in [0.15, 0.2) is 0 Å². The van der Waals surface area contributed by atoms with E-state index in [1.54, 1.807) is 12.1 Å². The molecule has 0 atom stereocenters. The lowest BCUT2D eigenvalue weighted by Crippen LogP contribution is -2.18. The highest BCUT2D eigenvalue weighted by molar-refractivity contribution is 6.42. The SMILES string of the molecule is O=c1[nH]c(-c2ccc(Cl)c(Cl)c2)nc2c1CCCCC2. The zero-order valence-corrected chi connectivity index (χ0v) is 12.4. The van der Waals surface area contributed by atoms with Crippen molar-refractivity contribution in [3.63, 3.8) is 0 Å². The van der Waals surface area contributed by atoms with E-state index >= 15 is 0 Å². The Morgan fingerprint density at radius 1 is 1.05 bits per heavy atom. The molecular weight excluding hydrogens is 295 g/mol. The van der Waals surface area contributed by atoms with Crippen LogP contribution in [-0.4, -0.2) is 9.97 Å². The molecular formula is C15H14Cl2N2O. The molecule has 5 heteroatoms. The van der Waals surface area contributed by atoms with Crippen LogP contribution in [0.1, 0.15) is 30.5 Å². The van der Waals surface area contributed by atoms with Gasteiger partial charge >= 0.3 is 0 Å². The number of halogens is 2. The molecule has 0 spiro atoms. The van der Waals surface area contributed by atoms with E-state index in [4.69, 9.17) is 23.2 Å². The highest BCUT2D eigenvalue weighted by atomic mass is 35.5. The molecule has 2 aromatic rings. The van der Waals surface area contributed by atoms with Crippen molar-refractivity contribution >= 4 is 23.2 Å². The molecule has 0 aliphatic heterocycles. The lowest BCUT2D eigenvalue weighted by atomic mass is 10.1. The predicted molar refractivity (Wildman–Crippen MR) is 81.6 cm³/mol. The van der Waals surface area contributed by atoms with Gasteiger partial charge in [0.25, 0.3) is 5.56 Å². The second-order valence-electron chi connectivity index (χ2n) is 5.03. The maximum atomic E-state index is 12.2. The Hall–Kier alpha value is -1.32. The van der Waals surface area contributed by atoms with Crippen molar-refractivity contribution in [2.24, 2.45) is 0 Å². The minimum Gasteiger partial charge on any atom is -0.306 e. The maximum Gasteiger partial charge on any atom is 0.254 e. The van der Waals surface area contributed by atoms with E-state index in [-0.39, 0.29) is 5.56 Å². The number of nitrogens with one attached hydrogen (secondary N) is 1. The Bertz CT molecular complexity index is 710. The van der Waals surface area contributed by atoms with Crippen LogP contribution in [0, 0.1) is 0 Å². The normalized spacial score (nSPS) is 14.7. The van der Waals surface area contributed by atoms with E-state index in [9.17, 15) is 4.79 Å². The van der Waals surface area contributed by atoms with E-state index in [1.165, 1.54) is 0 Å². The second-order valence-corrected chi connectivity index (χ2v) is 5.84. The van der Waals surface area contributed by atoms with Gasteiger partial charge in [-0.2, -0.15) is 0 Å². The number of rotatable bonds is 1. The minimum atomic E-state index is -0.0297. The summed E-state index contributed by atoms with van der Waals surface area (Å²) in [5.41, 5.74) is 2.51. The average molecular weight is 309 g/mol. The highest BCUT2D eigenvalue weighted by Gasteiger charge is 2.15. The summed E-state index contributed by atoms with van der Waals surface area (Å²) in [6.07, 6.45) is 4.99. The van der Waals surface area contributed by atoms with Crippen LogP contribution in [0.5, 0.6) is 0 Å². The number of aryl methyl sites for hydroxylation is 1. The van der Waals surface area contributed by atoms with E-state index in [1.807, 2.05) is 6.07 Å². The zero-order valence-electron chi connectivity index (χ0n) is 10.9. The lowest BCUT2D eigenvalue weighted by molar-refractivity contribution is 0.708. The molecule has 0 saturated carbocycles. The number of hydrogen-bond acceptors (Lipinski definition) is 2. The Morgan fingerprint density at radius 2 is 1.85 bits per heavy atom. The third-order valence-corrected chi connectivity index (χ3v) is 4.37. The quantitative estimate of drug-likeness (QED) is 0.809. The molecule has 1 heterocycles. The fraction of sp³-hybridized carbons (Fsp3) is 0.333. The van der Waals surface area contributed by atoms with Crippen LogP contribution in [0.2, 0.25) is 10.0 Å². The number of H-pyrrole nitrogens is 1. The van der Waals surface area contributed by atoms with E-state index < -0.39 is 0 Å². The summed E-state index contributed by atoms with van der Waals surface area (Å²) in [4.78, 5) is 19.7. The topological polar surface area (TPSA) is 45.8 Å². The Balaban J connectivity index is 2.10. The first kappa shape index (κ1) is 13.7. The van der Waals surface area contributed by atoms with Gasteiger partial charge in [0.2, 0.25) is 0 Å². The fourth-order valence-corrected chi connectivity index (χ4v) is 2.86. The number of fused-ring (bicyclic) bond motifs is 1. The number of aromatic amines is 1. The monoisotopic (exact) mass is 308 g/mol. The Labute approximate surface area is 127 Å². The second kappa shape index (κ2) is 5.58. The smallest absolute Gasteiger partial charge is 0.254 e. The number of aromatic nitrogens is 2. The summed E-state index contributed by atoms with van der Waals surface area (Å²) in [6, 6.07) is 5.26. The van der Waals surface area contributed by atoms with E-state index in [2.05, 4.69) is 9.97 Å². The molecule has 20 heavy (non-hydrogen) atoms. The molecule has 0 unspecified atom stereocenters. The van der Waals surface area contributed by atoms with Crippen LogP contribution >= 0.6 is 23.2 Å². The molecule has 3 nitrogen and oxygen atoms in total. The third kappa shape index (κ3) is 2.60. The van der Waals surface area contributed by atoms with Gasteiger partial charge in [-0.3, -0.25) is 4.79 Å². The molecule has 1 N–H and O–H groups in total. The highest BCUT2D eigenvalue weighted by Crippen LogP contribution is 2.27. The molecule has 0 radical (unpaired) electrons. The van der Waals surface area contributed by atoms with Crippen LogP contribution < -0.4 is 5.56 Å². The van der Waals surface area contributed by atoms with Gasteiger partial charge in [0.1, 0.15) is 5.82 Å². The van der Waals surface area contributed by atoms with Crippen LogP contribution in [0.3, 0.4) is 0 Å². The first-order valence-corrected chi connectivity index (χ1v) is 7.48. The van der Waals surface area contributed by atoms with Crippen LogP contribution in [0.4, 0.5) is 0 Å². The fourth-order valence-electron chi connectivity index (χ4n) is 2.56. The van der Waals surface area contributed by atoms with Crippen molar-refractivity contribution in [2.45, 2.75) is 32.1 Å². The summed E-state index contributed by atoms with van der Waals surface area (Å²) in [7, 11) is 0. The summed E-state index contributed by atoms with van der Waals surface area (Å²) >= 11 is 11.9. The Morgan fingerprint density at radius 3 is 2.65 bits per heavy atom. The van der Waals surface area contributed by atoms with Crippen LogP contribution in [0.15, 0.2) is 23.0 Å². The molecule has 1 aromatic heterocycles. The zero-order chi connectivity index (χ0) is 14.1. The van der Waals surface area contributed by atoms with Gasteiger partial charge in [-0.25, -0.2) is 4.98 Å². The van der Waals surface area contributed by atoms with Crippen molar-refractivity contribution in [3.05, 3.63) is 49.9 Å². The van der Waals surface area contributed by atoms with Crippen molar-refractivity contribution in [1.29, 1.82) is 0 Å². The van der Waals surface area contributed by atoms with Crippen molar-refractivity contribution in [1.82, 2.24) is 9.97 Å². The number of nitrogens with zero attached hydrogens (tertiary/aromatic N) is 1. The van der Waals surface area contributed by atoms with Crippen molar-refractivity contribution in [3.8, 4) is 11.4 Å². The maximum absolute atomic E-state index is 12.2. The first-order valence-electron chi connectivity index (χ1n) is 6.72. The molecule has 0 amide bonds. The molecule has 0 saturated heterocycles. The first-order chi connectivity index (χ1) is 9.65. The summed E-state index contributed by atoms with van der Waals surface area (Å²) < 4.78 is 0. The molecule has 1 aromatic carbocycles. The van der Waals surface area contributed by atoms with Crippen molar-refractivity contribution < 1.29 is 0 Å². The van der Waals surface area contributed by atoms with Gasteiger partial charge in [0.05, 0.1) is 15.7 Å². The molecule has 0 bridgehead atoms. The number of benzene rings is 1. The number of hydrogen-bond donors (Lipinski definition) is 1. The molecule has 0 fully saturated rings. The minimum absolute atomic E-state index is 0.0297. The van der Waals surface area contributed by atoms with Crippen LogP contribution in [0.25, 0.3) is 11.4 Å². The van der Waals surface area contributed by atoms with Gasteiger partial charge in [-0.05, 0) is 43.9 Å². The van der Waals surface area contributed by atoms with E-state index in [0.29, 0.717) is 15.9 Å². The molecule has 1 aliphatic carbocycles. The van der Waals surface area contributed by atoms with Gasteiger partial charge < -0.3 is 4.98 Å². The molecule has 1 aliphatic rings. The summed E-state index contributed by atoms with van der Waals surface area (Å²) in [6.45, 7) is 0. The predicted octanol–water partition coefficient (Wildman–Crippen LogP) is 4.01. The van der Waals surface area contributed by atoms with Gasteiger partial charge in [-0.1, -0.05) is 29.6 Å². The standard InChI is InChI=1S/C15H14Cl2N2O/c16-11-7-6-9(8-12(11)17)14-18-13-5-3-1-2-4-10(13)15(20)19-14/h6-8H,1-5H2,(H,18,19,20). The van der Waals surface area contributed by atoms with Gasteiger partial charge in [-0.15, -0.1) is 0 Å². The lowest BCUT2D eigenvalue weighted by Gasteiger charge is -2.08. The summed E-state index contributed by atoms with van der Waals surface area (Å²) in [5.74, 6) is 0.564.